The summed E-state index contributed by atoms with van der Waals surface area (Å²) in [7, 11) is 5.48. The van der Waals surface area contributed by atoms with Gasteiger partial charge in [0.2, 0.25) is 0 Å². The number of ether oxygens (including phenoxy) is 2. The minimum atomic E-state index is 0.620. The van der Waals surface area contributed by atoms with Crippen molar-refractivity contribution < 1.29 is 9.47 Å². The molecule has 152 valence electrons. The lowest BCUT2D eigenvalue weighted by Crippen LogP contribution is -2.44. The number of nitrogens with zero attached hydrogens (tertiary/aromatic N) is 5. The topological polar surface area (TPSA) is 91.4 Å². The predicted molar refractivity (Wildman–Crippen MR) is 112 cm³/mol. The maximum Gasteiger partial charge on any atom is 0.153 e. The SMILES string of the molecule is COc1cc(N2CCN(C)CC2)cc(OC)c1-c1cc(Nc2cnccn2)n[nH]1. The largest absolute Gasteiger partial charge is 0.496 e. The molecule has 2 aromatic heterocycles. The molecule has 9 nitrogen and oxygen atoms in total. The van der Waals surface area contributed by atoms with Crippen molar-refractivity contribution in [3.63, 3.8) is 0 Å². The molecule has 1 aliphatic heterocycles. The number of likely N-dealkylation sites (N-methyl/N-ethyl adjacent to an activating group) is 1. The average Bonchev–Trinajstić information content (AvgIpc) is 3.21. The van der Waals surface area contributed by atoms with E-state index in [0.29, 0.717) is 11.6 Å². The van der Waals surface area contributed by atoms with E-state index in [0.717, 1.165) is 54.6 Å². The highest BCUT2D eigenvalue weighted by molar-refractivity contribution is 5.80. The van der Waals surface area contributed by atoms with Gasteiger partial charge in [-0.15, -0.1) is 0 Å². The van der Waals surface area contributed by atoms with Crippen molar-refractivity contribution in [2.45, 2.75) is 0 Å². The summed E-state index contributed by atoms with van der Waals surface area (Å²) in [5.41, 5.74) is 2.70. The summed E-state index contributed by atoms with van der Waals surface area (Å²) in [5.74, 6) is 2.71. The van der Waals surface area contributed by atoms with Crippen molar-refractivity contribution in [3.8, 4) is 22.8 Å². The van der Waals surface area contributed by atoms with E-state index >= 15 is 0 Å². The second-order valence-electron chi connectivity index (χ2n) is 6.90. The van der Waals surface area contributed by atoms with Gasteiger partial charge >= 0.3 is 0 Å². The first-order valence-corrected chi connectivity index (χ1v) is 9.46. The fraction of sp³-hybridized carbons (Fsp3) is 0.350. The van der Waals surface area contributed by atoms with Crippen LogP contribution in [0.15, 0.2) is 36.8 Å². The lowest BCUT2D eigenvalue weighted by molar-refractivity contribution is 0.312. The van der Waals surface area contributed by atoms with Gasteiger partial charge in [0, 0.05) is 62.5 Å². The van der Waals surface area contributed by atoms with Gasteiger partial charge in [0.05, 0.1) is 31.7 Å². The van der Waals surface area contributed by atoms with E-state index in [1.54, 1.807) is 32.8 Å². The molecule has 0 radical (unpaired) electrons. The highest BCUT2D eigenvalue weighted by Crippen LogP contribution is 2.42. The number of piperazine rings is 1. The Morgan fingerprint density at radius 3 is 2.31 bits per heavy atom. The number of aromatic amines is 1. The second kappa shape index (κ2) is 8.36. The molecule has 3 aromatic rings. The van der Waals surface area contributed by atoms with Crippen molar-refractivity contribution in [2.24, 2.45) is 0 Å². The zero-order chi connectivity index (χ0) is 20.2. The molecule has 1 fully saturated rings. The van der Waals surface area contributed by atoms with Gasteiger partial charge in [-0.05, 0) is 7.05 Å². The maximum atomic E-state index is 5.71. The van der Waals surface area contributed by atoms with Gasteiger partial charge in [-0.25, -0.2) is 4.98 Å². The van der Waals surface area contributed by atoms with Crippen LogP contribution in [0.1, 0.15) is 0 Å². The summed E-state index contributed by atoms with van der Waals surface area (Å²) >= 11 is 0. The maximum absolute atomic E-state index is 5.71. The smallest absolute Gasteiger partial charge is 0.153 e. The number of rotatable bonds is 6. The quantitative estimate of drug-likeness (QED) is 0.657. The number of benzene rings is 1. The van der Waals surface area contributed by atoms with Crippen molar-refractivity contribution in [3.05, 3.63) is 36.8 Å². The highest BCUT2D eigenvalue weighted by Gasteiger charge is 2.21. The fourth-order valence-corrected chi connectivity index (χ4v) is 3.42. The molecule has 3 heterocycles. The normalized spacial score (nSPS) is 14.7. The van der Waals surface area contributed by atoms with E-state index in [9.17, 15) is 0 Å². The van der Waals surface area contributed by atoms with Crippen molar-refractivity contribution >= 4 is 17.3 Å². The minimum absolute atomic E-state index is 0.620. The second-order valence-corrected chi connectivity index (χ2v) is 6.90. The fourth-order valence-electron chi connectivity index (χ4n) is 3.42. The predicted octanol–water partition coefficient (Wildman–Crippen LogP) is 2.38. The van der Waals surface area contributed by atoms with Gasteiger partial charge in [-0.1, -0.05) is 0 Å². The number of hydrogen-bond donors (Lipinski definition) is 2. The van der Waals surface area contributed by atoms with Gasteiger partial charge in [-0.3, -0.25) is 10.1 Å². The van der Waals surface area contributed by atoms with E-state index in [-0.39, 0.29) is 0 Å². The molecule has 0 bridgehead atoms. The van der Waals surface area contributed by atoms with Gasteiger partial charge in [-0.2, -0.15) is 5.10 Å². The van der Waals surface area contributed by atoms with Crippen molar-refractivity contribution in [1.29, 1.82) is 0 Å². The number of methoxy groups -OCH3 is 2. The standard InChI is InChI=1S/C20H25N7O2/c1-26-6-8-27(9-7-26)14-10-16(28-2)20(17(11-14)29-3)15-12-18(25-24-15)23-19-13-21-4-5-22-19/h4-5,10-13H,6-9H2,1-3H3,(H2,22,23,24,25). The van der Waals surface area contributed by atoms with Gasteiger partial charge in [0.1, 0.15) is 17.3 Å². The molecular formula is C20H25N7O2. The van der Waals surface area contributed by atoms with Crippen molar-refractivity contribution in [2.75, 3.05) is 57.7 Å². The first-order chi connectivity index (χ1) is 14.2. The molecule has 0 saturated carbocycles. The Hall–Kier alpha value is -3.33. The Labute approximate surface area is 169 Å². The minimum Gasteiger partial charge on any atom is -0.496 e. The van der Waals surface area contributed by atoms with Crippen LogP contribution in [-0.4, -0.2) is 72.5 Å². The summed E-state index contributed by atoms with van der Waals surface area (Å²) in [6.45, 7) is 4.01. The lowest BCUT2D eigenvalue weighted by atomic mass is 10.1. The zero-order valence-corrected chi connectivity index (χ0v) is 16.8. The first kappa shape index (κ1) is 19.0. The van der Waals surface area contributed by atoms with Crippen LogP contribution in [-0.2, 0) is 0 Å². The number of aromatic nitrogens is 4. The van der Waals surface area contributed by atoms with Crippen LogP contribution >= 0.6 is 0 Å². The van der Waals surface area contributed by atoms with E-state index in [1.807, 2.05) is 6.07 Å². The molecule has 9 heteroatoms. The van der Waals surface area contributed by atoms with E-state index in [4.69, 9.17) is 9.47 Å². The molecule has 1 aliphatic rings. The van der Waals surface area contributed by atoms with Gasteiger partial charge in [0.25, 0.3) is 0 Å². The highest BCUT2D eigenvalue weighted by atomic mass is 16.5. The van der Waals surface area contributed by atoms with Crippen LogP contribution in [0.2, 0.25) is 0 Å². The van der Waals surface area contributed by atoms with E-state index < -0.39 is 0 Å². The Bertz CT molecular complexity index is 927. The lowest BCUT2D eigenvalue weighted by Gasteiger charge is -2.34. The van der Waals surface area contributed by atoms with Crippen LogP contribution in [0, 0.1) is 0 Å². The Balaban J connectivity index is 1.64. The summed E-state index contributed by atoms with van der Waals surface area (Å²) in [5, 5.41) is 10.5. The summed E-state index contributed by atoms with van der Waals surface area (Å²) in [6.07, 6.45) is 4.89. The molecule has 1 aromatic carbocycles. The van der Waals surface area contributed by atoms with E-state index in [1.165, 1.54) is 0 Å². The number of nitrogens with one attached hydrogen (secondary N) is 2. The van der Waals surface area contributed by atoms with Gasteiger partial charge in [0.15, 0.2) is 5.82 Å². The van der Waals surface area contributed by atoms with E-state index in [2.05, 4.69) is 54.5 Å². The molecule has 4 rings (SSSR count). The molecular weight excluding hydrogens is 370 g/mol. The zero-order valence-electron chi connectivity index (χ0n) is 16.8. The van der Waals surface area contributed by atoms with Gasteiger partial charge < -0.3 is 24.6 Å². The third-order valence-corrected chi connectivity index (χ3v) is 5.03. The average molecular weight is 395 g/mol. The van der Waals surface area contributed by atoms with Crippen molar-refractivity contribution in [1.82, 2.24) is 25.1 Å². The molecule has 0 spiro atoms. The summed E-state index contributed by atoms with van der Waals surface area (Å²) < 4.78 is 11.4. The molecule has 0 aliphatic carbocycles. The molecule has 0 amide bonds. The molecule has 29 heavy (non-hydrogen) atoms. The molecule has 0 atom stereocenters. The van der Waals surface area contributed by atoms with Crippen LogP contribution in [0.25, 0.3) is 11.3 Å². The number of hydrogen-bond acceptors (Lipinski definition) is 8. The number of H-pyrrole nitrogens is 1. The third-order valence-electron chi connectivity index (χ3n) is 5.03. The van der Waals surface area contributed by atoms with Crippen LogP contribution in [0.3, 0.4) is 0 Å². The molecule has 2 N–H and O–H groups in total. The third kappa shape index (κ3) is 4.09. The summed E-state index contributed by atoms with van der Waals surface area (Å²) in [4.78, 5) is 12.9. The van der Waals surface area contributed by atoms with Crippen LogP contribution < -0.4 is 19.7 Å². The number of anilines is 3. The monoisotopic (exact) mass is 395 g/mol. The Morgan fingerprint density at radius 1 is 0.966 bits per heavy atom. The molecule has 0 unspecified atom stereocenters. The molecule has 1 saturated heterocycles. The summed E-state index contributed by atoms with van der Waals surface area (Å²) in [6, 6.07) is 6.00. The van der Waals surface area contributed by atoms with Crippen LogP contribution in [0.5, 0.6) is 11.5 Å². The Morgan fingerprint density at radius 2 is 1.69 bits per heavy atom. The first-order valence-electron chi connectivity index (χ1n) is 9.46. The van der Waals surface area contributed by atoms with Crippen LogP contribution in [0.4, 0.5) is 17.3 Å². The Kier molecular flexibility index (Phi) is 5.48.